The zero-order valence-electron chi connectivity index (χ0n) is 13.4. The lowest BCUT2D eigenvalue weighted by atomic mass is 9.99. The van der Waals surface area contributed by atoms with E-state index < -0.39 is 10.0 Å². The van der Waals surface area contributed by atoms with E-state index >= 15 is 0 Å². The van der Waals surface area contributed by atoms with Gasteiger partial charge in [-0.2, -0.15) is 4.31 Å². The van der Waals surface area contributed by atoms with Crippen molar-refractivity contribution in [2.24, 2.45) is 0 Å². The predicted octanol–water partition coefficient (Wildman–Crippen LogP) is 3.18. The summed E-state index contributed by atoms with van der Waals surface area (Å²) in [4.78, 5) is 0.374. The molecular weight excluding hydrogens is 310 g/mol. The van der Waals surface area contributed by atoms with Crippen molar-refractivity contribution in [1.82, 2.24) is 4.31 Å². The van der Waals surface area contributed by atoms with Gasteiger partial charge in [0.15, 0.2) is 0 Å². The van der Waals surface area contributed by atoms with Crippen molar-refractivity contribution in [2.45, 2.75) is 24.2 Å². The Morgan fingerprint density at radius 1 is 1.04 bits per heavy atom. The number of nitrogens with zero attached hydrogens (tertiary/aromatic N) is 1. The molecule has 1 heterocycles. The average Bonchev–Trinajstić information content (AvgIpc) is 3.06. The number of hydrogen-bond acceptors (Lipinski definition) is 3. The number of benzene rings is 2. The van der Waals surface area contributed by atoms with Gasteiger partial charge >= 0.3 is 0 Å². The molecule has 0 aromatic heterocycles. The third kappa shape index (κ3) is 3.26. The van der Waals surface area contributed by atoms with Crippen molar-refractivity contribution in [1.29, 1.82) is 0 Å². The quantitative estimate of drug-likeness (QED) is 0.864. The van der Waals surface area contributed by atoms with E-state index in [9.17, 15) is 8.42 Å². The second-order valence-electron chi connectivity index (χ2n) is 5.93. The molecule has 0 amide bonds. The van der Waals surface area contributed by atoms with Crippen molar-refractivity contribution >= 4 is 10.0 Å². The standard InChI is InChI=1S/C18H21NO3S/c1-14-3-9-18(10-4-14)23(20,21)19-12-11-16(13-19)15-5-7-17(22-2)8-6-15/h3-10,16H,11-13H2,1-2H3. The molecule has 122 valence electrons. The Balaban J connectivity index is 1.77. The monoisotopic (exact) mass is 331 g/mol. The molecule has 1 aliphatic heterocycles. The number of ether oxygens (including phenoxy) is 1. The Morgan fingerprint density at radius 2 is 1.70 bits per heavy atom. The molecule has 0 bridgehead atoms. The van der Waals surface area contributed by atoms with Crippen LogP contribution >= 0.6 is 0 Å². The van der Waals surface area contributed by atoms with Crippen molar-refractivity contribution in [3.8, 4) is 5.75 Å². The molecule has 1 fully saturated rings. The van der Waals surface area contributed by atoms with Crippen molar-refractivity contribution in [3.63, 3.8) is 0 Å². The molecule has 0 aliphatic carbocycles. The summed E-state index contributed by atoms with van der Waals surface area (Å²) in [6.07, 6.45) is 0.845. The highest BCUT2D eigenvalue weighted by Gasteiger charge is 2.33. The Morgan fingerprint density at radius 3 is 2.30 bits per heavy atom. The molecule has 1 saturated heterocycles. The molecular formula is C18H21NO3S. The van der Waals surface area contributed by atoms with Gasteiger partial charge in [0, 0.05) is 13.1 Å². The molecule has 4 nitrogen and oxygen atoms in total. The molecule has 0 saturated carbocycles. The lowest BCUT2D eigenvalue weighted by Gasteiger charge is -2.17. The van der Waals surface area contributed by atoms with E-state index in [0.717, 1.165) is 23.3 Å². The third-order valence-electron chi connectivity index (χ3n) is 4.40. The summed E-state index contributed by atoms with van der Waals surface area (Å²) < 4.78 is 32.2. The number of hydrogen-bond donors (Lipinski definition) is 0. The fourth-order valence-electron chi connectivity index (χ4n) is 2.95. The van der Waals surface area contributed by atoms with Gasteiger partial charge < -0.3 is 4.74 Å². The number of sulfonamides is 1. The van der Waals surface area contributed by atoms with Gasteiger partial charge in [-0.05, 0) is 49.1 Å². The molecule has 1 atom stereocenters. The minimum atomic E-state index is -3.40. The fourth-order valence-corrected chi connectivity index (χ4v) is 4.45. The van der Waals surface area contributed by atoms with Crippen LogP contribution in [0.1, 0.15) is 23.5 Å². The van der Waals surface area contributed by atoms with Crippen LogP contribution in [0.15, 0.2) is 53.4 Å². The summed E-state index contributed by atoms with van der Waals surface area (Å²) in [5.41, 5.74) is 2.22. The number of methoxy groups -OCH3 is 1. The summed E-state index contributed by atoms with van der Waals surface area (Å²) in [7, 11) is -1.76. The van der Waals surface area contributed by atoms with Gasteiger partial charge in [-0.25, -0.2) is 8.42 Å². The largest absolute Gasteiger partial charge is 0.497 e. The van der Waals surface area contributed by atoms with Gasteiger partial charge in [0.25, 0.3) is 0 Å². The highest BCUT2D eigenvalue weighted by molar-refractivity contribution is 7.89. The van der Waals surface area contributed by atoms with Crippen LogP contribution in [0.25, 0.3) is 0 Å². The van der Waals surface area contributed by atoms with Crippen LogP contribution in [0.4, 0.5) is 0 Å². The molecule has 1 unspecified atom stereocenters. The smallest absolute Gasteiger partial charge is 0.243 e. The Hall–Kier alpha value is -1.85. The summed E-state index contributed by atoms with van der Waals surface area (Å²) >= 11 is 0. The zero-order chi connectivity index (χ0) is 16.4. The molecule has 3 rings (SSSR count). The van der Waals surface area contributed by atoms with Gasteiger partial charge in [0.1, 0.15) is 5.75 Å². The molecule has 2 aromatic rings. The van der Waals surface area contributed by atoms with Gasteiger partial charge in [-0.1, -0.05) is 29.8 Å². The Bertz CT molecular complexity index is 767. The minimum Gasteiger partial charge on any atom is -0.497 e. The van der Waals surface area contributed by atoms with Crippen LogP contribution in [-0.2, 0) is 10.0 Å². The van der Waals surface area contributed by atoms with E-state index in [2.05, 4.69) is 0 Å². The van der Waals surface area contributed by atoms with Gasteiger partial charge in [0.2, 0.25) is 10.0 Å². The van der Waals surface area contributed by atoms with Crippen LogP contribution in [0.3, 0.4) is 0 Å². The van der Waals surface area contributed by atoms with Crippen molar-refractivity contribution in [2.75, 3.05) is 20.2 Å². The first-order valence-electron chi connectivity index (χ1n) is 7.71. The third-order valence-corrected chi connectivity index (χ3v) is 6.28. The predicted molar refractivity (Wildman–Crippen MR) is 90.3 cm³/mol. The van der Waals surface area contributed by atoms with E-state index in [-0.39, 0.29) is 5.92 Å². The molecule has 2 aromatic carbocycles. The van der Waals surface area contributed by atoms with Crippen LogP contribution in [0.2, 0.25) is 0 Å². The van der Waals surface area contributed by atoms with Gasteiger partial charge in [-0.3, -0.25) is 0 Å². The average molecular weight is 331 g/mol. The molecule has 23 heavy (non-hydrogen) atoms. The fraction of sp³-hybridized carbons (Fsp3) is 0.333. The van der Waals surface area contributed by atoms with Gasteiger partial charge in [0.05, 0.1) is 12.0 Å². The Labute approximate surface area is 137 Å². The first-order valence-corrected chi connectivity index (χ1v) is 9.15. The van der Waals surface area contributed by atoms with E-state index in [1.807, 2.05) is 43.3 Å². The number of aryl methyl sites for hydroxylation is 1. The summed E-state index contributed by atoms with van der Waals surface area (Å²) in [6, 6.07) is 14.9. The first-order chi connectivity index (χ1) is 11.0. The molecule has 0 spiro atoms. The normalized spacial score (nSPS) is 19.0. The van der Waals surface area contributed by atoms with Crippen LogP contribution < -0.4 is 4.74 Å². The van der Waals surface area contributed by atoms with Crippen LogP contribution in [0.5, 0.6) is 5.75 Å². The zero-order valence-corrected chi connectivity index (χ0v) is 14.2. The number of rotatable bonds is 4. The summed E-state index contributed by atoms with van der Waals surface area (Å²) in [6.45, 7) is 3.04. The highest BCUT2D eigenvalue weighted by Crippen LogP contribution is 2.31. The summed E-state index contributed by atoms with van der Waals surface area (Å²) in [5, 5.41) is 0. The second-order valence-corrected chi connectivity index (χ2v) is 7.87. The van der Waals surface area contributed by atoms with Gasteiger partial charge in [-0.15, -0.1) is 0 Å². The first kappa shape index (κ1) is 16.0. The van der Waals surface area contributed by atoms with Crippen LogP contribution in [-0.4, -0.2) is 32.9 Å². The van der Waals surface area contributed by atoms with E-state index in [1.54, 1.807) is 23.5 Å². The molecule has 5 heteroatoms. The highest BCUT2D eigenvalue weighted by atomic mass is 32.2. The maximum atomic E-state index is 12.7. The SMILES string of the molecule is COc1ccc(C2CCN(S(=O)(=O)c3ccc(C)cc3)C2)cc1. The Kier molecular flexibility index (Phi) is 4.41. The molecule has 0 radical (unpaired) electrons. The van der Waals surface area contributed by atoms with E-state index in [0.29, 0.717) is 18.0 Å². The lowest BCUT2D eigenvalue weighted by molar-refractivity contribution is 0.414. The van der Waals surface area contributed by atoms with Crippen molar-refractivity contribution in [3.05, 3.63) is 59.7 Å². The minimum absolute atomic E-state index is 0.237. The summed E-state index contributed by atoms with van der Waals surface area (Å²) in [5.74, 6) is 1.05. The van der Waals surface area contributed by atoms with E-state index in [1.165, 1.54) is 0 Å². The second kappa shape index (κ2) is 6.34. The maximum Gasteiger partial charge on any atom is 0.243 e. The van der Waals surface area contributed by atoms with Crippen LogP contribution in [0, 0.1) is 6.92 Å². The lowest BCUT2D eigenvalue weighted by Crippen LogP contribution is -2.28. The topological polar surface area (TPSA) is 46.6 Å². The molecule has 1 aliphatic rings. The molecule has 0 N–H and O–H groups in total. The van der Waals surface area contributed by atoms with Crippen molar-refractivity contribution < 1.29 is 13.2 Å². The maximum absolute atomic E-state index is 12.7. The van der Waals surface area contributed by atoms with E-state index in [4.69, 9.17) is 4.74 Å².